The summed E-state index contributed by atoms with van der Waals surface area (Å²) in [5, 5.41) is 10.1. The van der Waals surface area contributed by atoms with Crippen LogP contribution in [0.25, 0.3) is 0 Å². The minimum atomic E-state index is 0.721. The van der Waals surface area contributed by atoms with Crippen LogP contribution in [0.2, 0.25) is 0 Å². The molecular weight excluding hydrogens is 190 g/mol. The maximum atomic E-state index is 4.12. The molecule has 2 heterocycles. The molecule has 0 amide bonds. The van der Waals surface area contributed by atoms with Gasteiger partial charge in [0.25, 0.3) is 0 Å². The molecule has 2 N–H and O–H groups in total. The Hall–Kier alpha value is -1.91. The van der Waals surface area contributed by atoms with Crippen molar-refractivity contribution in [3.8, 4) is 0 Å². The Kier molecular flexibility index (Phi) is 2.62. The standard InChI is InChI=1S/C10H13N5/c1-7-3-10(13-6-12-7)11-4-9-5-14-15-8(9)2/h3,5-6H,4H2,1-2H3,(H,14,15)(H,11,12,13). The van der Waals surface area contributed by atoms with Crippen molar-refractivity contribution in [1.82, 2.24) is 20.2 Å². The number of aryl methyl sites for hydroxylation is 2. The lowest BCUT2D eigenvalue weighted by Gasteiger charge is -2.04. The molecule has 2 aromatic rings. The third kappa shape index (κ3) is 2.31. The molecule has 0 saturated heterocycles. The van der Waals surface area contributed by atoms with Crippen molar-refractivity contribution in [2.75, 3.05) is 5.32 Å². The average Bonchev–Trinajstić information content (AvgIpc) is 2.61. The Morgan fingerprint density at radius 1 is 1.33 bits per heavy atom. The molecule has 0 spiro atoms. The zero-order valence-corrected chi connectivity index (χ0v) is 8.78. The van der Waals surface area contributed by atoms with Crippen LogP contribution in [-0.2, 0) is 6.54 Å². The fourth-order valence-electron chi connectivity index (χ4n) is 1.29. The van der Waals surface area contributed by atoms with Crippen LogP contribution >= 0.6 is 0 Å². The maximum absolute atomic E-state index is 4.12. The summed E-state index contributed by atoms with van der Waals surface area (Å²) in [4.78, 5) is 8.15. The van der Waals surface area contributed by atoms with Crippen molar-refractivity contribution in [2.45, 2.75) is 20.4 Å². The predicted octanol–water partition coefficient (Wildman–Crippen LogP) is 1.43. The van der Waals surface area contributed by atoms with Crippen LogP contribution in [-0.4, -0.2) is 20.2 Å². The smallest absolute Gasteiger partial charge is 0.129 e. The van der Waals surface area contributed by atoms with Gasteiger partial charge in [-0.3, -0.25) is 5.10 Å². The number of rotatable bonds is 3. The molecule has 0 aliphatic carbocycles. The van der Waals surface area contributed by atoms with Crippen molar-refractivity contribution < 1.29 is 0 Å². The molecule has 0 saturated carbocycles. The van der Waals surface area contributed by atoms with E-state index < -0.39 is 0 Å². The van der Waals surface area contributed by atoms with E-state index in [1.165, 1.54) is 0 Å². The summed E-state index contributed by atoms with van der Waals surface area (Å²) in [6.07, 6.45) is 3.37. The summed E-state index contributed by atoms with van der Waals surface area (Å²) < 4.78 is 0. The lowest BCUT2D eigenvalue weighted by Crippen LogP contribution is -2.02. The first-order chi connectivity index (χ1) is 7.25. The van der Waals surface area contributed by atoms with Gasteiger partial charge in [-0.1, -0.05) is 0 Å². The highest BCUT2D eigenvalue weighted by Gasteiger charge is 2.00. The van der Waals surface area contributed by atoms with Crippen LogP contribution in [0.3, 0.4) is 0 Å². The van der Waals surface area contributed by atoms with Gasteiger partial charge in [0.1, 0.15) is 12.1 Å². The van der Waals surface area contributed by atoms with Gasteiger partial charge in [0.2, 0.25) is 0 Å². The van der Waals surface area contributed by atoms with E-state index in [0.717, 1.165) is 29.3 Å². The normalized spacial score (nSPS) is 10.3. The summed E-state index contributed by atoms with van der Waals surface area (Å²) in [5.41, 5.74) is 3.18. The zero-order chi connectivity index (χ0) is 10.7. The molecule has 0 bridgehead atoms. The van der Waals surface area contributed by atoms with Gasteiger partial charge in [-0.25, -0.2) is 9.97 Å². The Bertz CT molecular complexity index is 449. The highest BCUT2D eigenvalue weighted by atomic mass is 15.1. The molecule has 2 aromatic heterocycles. The summed E-state index contributed by atoms with van der Waals surface area (Å²) in [6.45, 7) is 4.66. The van der Waals surface area contributed by atoms with Gasteiger partial charge < -0.3 is 5.32 Å². The van der Waals surface area contributed by atoms with Crippen LogP contribution < -0.4 is 5.32 Å². The Morgan fingerprint density at radius 2 is 2.20 bits per heavy atom. The molecule has 0 aliphatic rings. The van der Waals surface area contributed by atoms with E-state index in [4.69, 9.17) is 0 Å². The first-order valence-electron chi connectivity index (χ1n) is 4.77. The molecule has 0 atom stereocenters. The van der Waals surface area contributed by atoms with Crippen LogP contribution in [0.15, 0.2) is 18.6 Å². The number of aromatic amines is 1. The number of nitrogens with zero attached hydrogens (tertiary/aromatic N) is 3. The Balaban J connectivity index is 2.02. The third-order valence-electron chi connectivity index (χ3n) is 2.20. The second kappa shape index (κ2) is 4.08. The van der Waals surface area contributed by atoms with Crippen molar-refractivity contribution in [2.24, 2.45) is 0 Å². The minimum Gasteiger partial charge on any atom is -0.366 e. The van der Waals surface area contributed by atoms with E-state index in [9.17, 15) is 0 Å². The van der Waals surface area contributed by atoms with Crippen molar-refractivity contribution in [3.05, 3.63) is 35.5 Å². The molecule has 78 valence electrons. The Labute approximate surface area is 88.0 Å². The zero-order valence-electron chi connectivity index (χ0n) is 8.78. The topological polar surface area (TPSA) is 66.5 Å². The number of anilines is 1. The number of hydrogen-bond donors (Lipinski definition) is 2. The summed E-state index contributed by atoms with van der Waals surface area (Å²) in [6, 6.07) is 1.91. The van der Waals surface area contributed by atoms with Crippen molar-refractivity contribution in [1.29, 1.82) is 0 Å². The van der Waals surface area contributed by atoms with Crippen molar-refractivity contribution >= 4 is 5.82 Å². The molecular formula is C10H13N5. The van der Waals surface area contributed by atoms with E-state index in [0.29, 0.717) is 0 Å². The van der Waals surface area contributed by atoms with Crippen LogP contribution in [0.5, 0.6) is 0 Å². The van der Waals surface area contributed by atoms with E-state index in [2.05, 4.69) is 25.5 Å². The summed E-state index contributed by atoms with van der Waals surface area (Å²) in [5.74, 6) is 0.836. The van der Waals surface area contributed by atoms with Crippen LogP contribution in [0.4, 0.5) is 5.82 Å². The second-order valence-corrected chi connectivity index (χ2v) is 3.42. The number of H-pyrrole nitrogens is 1. The molecule has 15 heavy (non-hydrogen) atoms. The molecule has 0 aliphatic heterocycles. The molecule has 0 unspecified atom stereocenters. The molecule has 2 rings (SSSR count). The highest BCUT2D eigenvalue weighted by Crippen LogP contribution is 2.07. The largest absolute Gasteiger partial charge is 0.366 e. The number of aromatic nitrogens is 4. The van der Waals surface area contributed by atoms with E-state index in [1.54, 1.807) is 6.33 Å². The first kappa shape index (κ1) is 9.64. The summed E-state index contributed by atoms with van der Waals surface area (Å²) >= 11 is 0. The molecule has 0 aromatic carbocycles. The van der Waals surface area contributed by atoms with Crippen LogP contribution in [0.1, 0.15) is 17.0 Å². The van der Waals surface area contributed by atoms with Gasteiger partial charge in [-0.15, -0.1) is 0 Å². The van der Waals surface area contributed by atoms with E-state index in [-0.39, 0.29) is 0 Å². The number of nitrogens with one attached hydrogen (secondary N) is 2. The third-order valence-corrected chi connectivity index (χ3v) is 2.20. The van der Waals surface area contributed by atoms with Gasteiger partial charge >= 0.3 is 0 Å². The van der Waals surface area contributed by atoms with Gasteiger partial charge in [-0.05, 0) is 13.8 Å². The van der Waals surface area contributed by atoms with Crippen LogP contribution in [0, 0.1) is 13.8 Å². The average molecular weight is 203 g/mol. The number of hydrogen-bond acceptors (Lipinski definition) is 4. The van der Waals surface area contributed by atoms with E-state index in [1.807, 2.05) is 26.1 Å². The fourth-order valence-corrected chi connectivity index (χ4v) is 1.29. The van der Waals surface area contributed by atoms with Gasteiger partial charge in [0.05, 0.1) is 6.20 Å². The van der Waals surface area contributed by atoms with E-state index >= 15 is 0 Å². The second-order valence-electron chi connectivity index (χ2n) is 3.42. The molecule has 0 fully saturated rings. The monoisotopic (exact) mass is 203 g/mol. The van der Waals surface area contributed by atoms with Gasteiger partial charge in [0.15, 0.2) is 0 Å². The fraction of sp³-hybridized carbons (Fsp3) is 0.300. The first-order valence-corrected chi connectivity index (χ1v) is 4.77. The quantitative estimate of drug-likeness (QED) is 0.791. The Morgan fingerprint density at radius 3 is 2.87 bits per heavy atom. The summed E-state index contributed by atoms with van der Waals surface area (Å²) in [7, 11) is 0. The molecule has 0 radical (unpaired) electrons. The minimum absolute atomic E-state index is 0.721. The molecule has 5 nitrogen and oxygen atoms in total. The van der Waals surface area contributed by atoms with Gasteiger partial charge in [-0.2, -0.15) is 5.10 Å². The lowest BCUT2D eigenvalue weighted by atomic mass is 10.2. The SMILES string of the molecule is Cc1cc(NCc2cn[nH]c2C)ncn1. The highest BCUT2D eigenvalue weighted by molar-refractivity contribution is 5.35. The van der Waals surface area contributed by atoms with Gasteiger partial charge in [0, 0.05) is 29.6 Å². The maximum Gasteiger partial charge on any atom is 0.129 e. The lowest BCUT2D eigenvalue weighted by molar-refractivity contribution is 1.03. The molecule has 5 heteroatoms. The van der Waals surface area contributed by atoms with Crippen molar-refractivity contribution in [3.63, 3.8) is 0 Å². The predicted molar refractivity (Wildman–Crippen MR) is 57.4 cm³/mol.